The molecule has 2 heterocycles. The molecule has 2 aliphatic rings. The van der Waals surface area contributed by atoms with Crippen LogP contribution >= 0.6 is 35.0 Å². The Kier molecular flexibility index (Phi) is 4.57. The molecule has 0 aliphatic carbocycles. The van der Waals surface area contributed by atoms with E-state index in [2.05, 4.69) is 48.4 Å². The van der Waals surface area contributed by atoms with Crippen LogP contribution in [0.25, 0.3) is 0 Å². The normalized spacial score (nSPS) is 22.2. The van der Waals surface area contributed by atoms with Gasteiger partial charge in [0.25, 0.3) is 0 Å². The lowest BCUT2D eigenvalue weighted by Gasteiger charge is -2.31. The van der Waals surface area contributed by atoms with Gasteiger partial charge in [-0.25, -0.2) is 0 Å². The maximum atomic E-state index is 6.11. The van der Waals surface area contributed by atoms with E-state index in [-0.39, 0.29) is 12.1 Å². The number of allylic oxidation sites excluding steroid dienone is 1. The maximum Gasteiger partial charge on any atom is 0.169 e. The Bertz CT molecular complexity index is 841. The van der Waals surface area contributed by atoms with E-state index in [1.807, 2.05) is 24.3 Å². The van der Waals surface area contributed by atoms with E-state index in [4.69, 9.17) is 28.2 Å². The highest BCUT2D eigenvalue weighted by molar-refractivity contribution is 8.16. The number of nitrogens with zero attached hydrogens (tertiary/aromatic N) is 2. The number of aliphatic imine (C=N–C) groups is 1. The molecule has 0 saturated heterocycles. The van der Waals surface area contributed by atoms with Gasteiger partial charge in [-0.15, -0.1) is 0 Å². The highest BCUT2D eigenvalue weighted by atomic mass is 35.5. The van der Waals surface area contributed by atoms with Gasteiger partial charge in [0.05, 0.1) is 6.04 Å². The third kappa shape index (κ3) is 3.10. The molecule has 4 rings (SSSR count). The van der Waals surface area contributed by atoms with Crippen LogP contribution < -0.4 is 0 Å². The summed E-state index contributed by atoms with van der Waals surface area (Å²) in [6.45, 7) is 4.45. The Balaban J connectivity index is 1.79. The fraction of sp³-hybridized carbons (Fsp3) is 0.250. The highest BCUT2D eigenvalue weighted by Gasteiger charge is 2.42. The van der Waals surface area contributed by atoms with E-state index in [0.29, 0.717) is 5.92 Å². The van der Waals surface area contributed by atoms with Crippen LogP contribution in [0.4, 0.5) is 0 Å². The summed E-state index contributed by atoms with van der Waals surface area (Å²) >= 11 is 13.9. The molecule has 0 fully saturated rings. The van der Waals surface area contributed by atoms with Crippen LogP contribution in [0, 0.1) is 5.92 Å². The van der Waals surface area contributed by atoms with Crippen LogP contribution in [0.1, 0.15) is 37.1 Å². The zero-order valence-electron chi connectivity index (χ0n) is 14.0. The molecule has 0 unspecified atom stereocenters. The molecule has 5 heteroatoms. The quantitative estimate of drug-likeness (QED) is 0.581. The Morgan fingerprint density at radius 2 is 1.48 bits per heavy atom. The molecule has 0 radical (unpaired) electrons. The van der Waals surface area contributed by atoms with Crippen molar-refractivity contribution >= 4 is 40.1 Å². The van der Waals surface area contributed by atoms with Crippen molar-refractivity contribution in [1.82, 2.24) is 4.90 Å². The second kappa shape index (κ2) is 6.71. The first kappa shape index (κ1) is 17.0. The molecule has 0 saturated carbocycles. The summed E-state index contributed by atoms with van der Waals surface area (Å²) in [5.74, 6) is 0.443. The van der Waals surface area contributed by atoms with Gasteiger partial charge in [-0.1, -0.05) is 73.1 Å². The number of halogens is 2. The SMILES string of the molecule is CC(C)C1=CSC2=N[C@@H](c3ccc(Cl)cc3)[C@@H](c3ccc(Cl)cc3)N12. The molecule has 2 atom stereocenters. The number of amidine groups is 1. The van der Waals surface area contributed by atoms with Gasteiger partial charge in [-0.05, 0) is 46.7 Å². The maximum absolute atomic E-state index is 6.11. The number of hydrogen-bond donors (Lipinski definition) is 0. The molecule has 2 aromatic carbocycles. The molecule has 25 heavy (non-hydrogen) atoms. The van der Waals surface area contributed by atoms with Gasteiger partial charge in [-0.3, -0.25) is 4.99 Å². The summed E-state index contributed by atoms with van der Waals surface area (Å²) in [6.07, 6.45) is 0. The fourth-order valence-corrected chi connectivity index (χ4v) is 4.73. The second-order valence-electron chi connectivity index (χ2n) is 6.59. The van der Waals surface area contributed by atoms with Gasteiger partial charge in [0.1, 0.15) is 6.04 Å². The van der Waals surface area contributed by atoms with Gasteiger partial charge in [0.15, 0.2) is 5.17 Å². The number of hydrogen-bond acceptors (Lipinski definition) is 3. The zero-order chi connectivity index (χ0) is 17.6. The number of benzene rings is 2. The largest absolute Gasteiger partial charge is 0.314 e. The highest BCUT2D eigenvalue weighted by Crippen LogP contribution is 2.50. The average Bonchev–Trinajstić information content (AvgIpc) is 3.15. The van der Waals surface area contributed by atoms with Crippen molar-refractivity contribution in [2.75, 3.05) is 0 Å². The van der Waals surface area contributed by atoms with Crippen LogP contribution in [-0.2, 0) is 0 Å². The van der Waals surface area contributed by atoms with Crippen LogP contribution in [0.15, 0.2) is 64.6 Å². The first-order valence-electron chi connectivity index (χ1n) is 8.29. The first-order valence-corrected chi connectivity index (χ1v) is 9.93. The average molecular weight is 389 g/mol. The van der Waals surface area contributed by atoms with E-state index >= 15 is 0 Å². The summed E-state index contributed by atoms with van der Waals surface area (Å²) in [5, 5.41) is 4.80. The monoisotopic (exact) mass is 388 g/mol. The summed E-state index contributed by atoms with van der Waals surface area (Å²) in [5.41, 5.74) is 3.72. The molecule has 2 aliphatic heterocycles. The number of thioether (sulfide) groups is 1. The molecule has 2 aromatic rings. The molecule has 0 bridgehead atoms. The van der Waals surface area contributed by atoms with E-state index in [9.17, 15) is 0 Å². The third-order valence-electron chi connectivity index (χ3n) is 4.61. The van der Waals surface area contributed by atoms with Crippen LogP contribution in [0.2, 0.25) is 10.0 Å². The third-order valence-corrected chi connectivity index (χ3v) is 5.99. The van der Waals surface area contributed by atoms with Crippen LogP contribution in [0.3, 0.4) is 0 Å². The van der Waals surface area contributed by atoms with Crippen molar-refractivity contribution in [3.63, 3.8) is 0 Å². The molecular formula is C20H18Cl2N2S. The standard InChI is InChI=1S/C20H18Cl2N2S/c1-12(2)17-11-25-20-23-18(13-3-7-15(21)8-4-13)19(24(17)20)14-5-9-16(22)10-6-14/h3-12,18-19H,1-2H3/t18-,19+/m0/s1. The van der Waals surface area contributed by atoms with Gasteiger partial charge in [-0.2, -0.15) is 0 Å². The lowest BCUT2D eigenvalue weighted by molar-refractivity contribution is 0.349. The van der Waals surface area contributed by atoms with Crippen molar-refractivity contribution in [1.29, 1.82) is 0 Å². The zero-order valence-corrected chi connectivity index (χ0v) is 16.3. The van der Waals surface area contributed by atoms with E-state index in [1.54, 1.807) is 11.8 Å². The fourth-order valence-electron chi connectivity index (χ4n) is 3.36. The summed E-state index contributed by atoms with van der Waals surface area (Å²) in [7, 11) is 0. The van der Waals surface area contributed by atoms with Gasteiger partial charge in [0.2, 0.25) is 0 Å². The lowest BCUT2D eigenvalue weighted by atomic mass is 9.93. The minimum Gasteiger partial charge on any atom is -0.314 e. The minimum atomic E-state index is 0.0448. The molecule has 0 N–H and O–H groups in total. The molecule has 2 nitrogen and oxygen atoms in total. The van der Waals surface area contributed by atoms with Gasteiger partial charge < -0.3 is 4.90 Å². The van der Waals surface area contributed by atoms with Crippen molar-refractivity contribution in [2.45, 2.75) is 25.9 Å². The van der Waals surface area contributed by atoms with Crippen molar-refractivity contribution in [3.05, 3.63) is 80.8 Å². The topological polar surface area (TPSA) is 15.6 Å². The van der Waals surface area contributed by atoms with Crippen LogP contribution in [0.5, 0.6) is 0 Å². The van der Waals surface area contributed by atoms with Gasteiger partial charge >= 0.3 is 0 Å². The summed E-state index contributed by atoms with van der Waals surface area (Å²) < 4.78 is 0. The minimum absolute atomic E-state index is 0.0448. The number of fused-ring (bicyclic) bond motifs is 1. The van der Waals surface area contributed by atoms with Crippen LogP contribution in [-0.4, -0.2) is 10.1 Å². The summed E-state index contributed by atoms with van der Waals surface area (Å²) in [4.78, 5) is 7.43. The van der Waals surface area contributed by atoms with E-state index < -0.39 is 0 Å². The van der Waals surface area contributed by atoms with Crippen molar-refractivity contribution in [3.8, 4) is 0 Å². The lowest BCUT2D eigenvalue weighted by Crippen LogP contribution is -2.28. The predicted molar refractivity (Wildman–Crippen MR) is 108 cm³/mol. The summed E-state index contributed by atoms with van der Waals surface area (Å²) in [6, 6.07) is 16.3. The second-order valence-corrected chi connectivity index (χ2v) is 8.30. The predicted octanol–water partition coefficient (Wildman–Crippen LogP) is 6.69. The Morgan fingerprint density at radius 1 is 0.920 bits per heavy atom. The van der Waals surface area contributed by atoms with Crippen molar-refractivity contribution < 1.29 is 0 Å². The Labute approximate surface area is 162 Å². The molecule has 0 amide bonds. The molecule has 128 valence electrons. The molecule has 0 aromatic heterocycles. The Morgan fingerprint density at radius 3 is 2.04 bits per heavy atom. The van der Waals surface area contributed by atoms with Gasteiger partial charge in [0, 0.05) is 15.7 Å². The van der Waals surface area contributed by atoms with E-state index in [0.717, 1.165) is 15.2 Å². The molecule has 0 spiro atoms. The Hall–Kier alpha value is -1.42. The smallest absolute Gasteiger partial charge is 0.169 e. The van der Waals surface area contributed by atoms with E-state index in [1.165, 1.54) is 16.8 Å². The number of rotatable bonds is 3. The first-order chi connectivity index (χ1) is 12.0. The molecular weight excluding hydrogens is 371 g/mol. The van der Waals surface area contributed by atoms with Crippen molar-refractivity contribution in [2.24, 2.45) is 10.9 Å².